The number of aryl methyl sites for hydroxylation is 2. The fourth-order valence-corrected chi connectivity index (χ4v) is 3.87. The van der Waals surface area contributed by atoms with Gasteiger partial charge in [0.15, 0.2) is 0 Å². The Bertz CT molecular complexity index is 922. The molecule has 4 aromatic heterocycles. The van der Waals surface area contributed by atoms with Gasteiger partial charge in [-0.3, -0.25) is 0 Å². The summed E-state index contributed by atoms with van der Waals surface area (Å²) in [4.78, 5) is 18.5. The largest absolute Gasteiger partial charge is 0.244 e. The second kappa shape index (κ2) is 6.22. The summed E-state index contributed by atoms with van der Waals surface area (Å²) in [6.07, 6.45) is 0. The third-order valence-corrected chi connectivity index (χ3v) is 5.40. The maximum Gasteiger partial charge on any atom is 0.142 e. The average Bonchev–Trinajstić information content (AvgIpc) is 3.24. The van der Waals surface area contributed by atoms with E-state index < -0.39 is 0 Å². The molecular formula is C18H14N4S2. The number of thiazole rings is 2. The van der Waals surface area contributed by atoms with Crippen molar-refractivity contribution in [3.8, 4) is 32.8 Å². The normalized spacial score (nSPS) is 10.9. The van der Waals surface area contributed by atoms with Crippen LogP contribution in [-0.2, 0) is 0 Å². The Morgan fingerprint density at radius 2 is 1.00 bits per heavy atom. The van der Waals surface area contributed by atoms with Crippen LogP contribution in [0.2, 0.25) is 0 Å². The van der Waals surface area contributed by atoms with Crippen molar-refractivity contribution in [1.82, 2.24) is 19.9 Å². The lowest BCUT2D eigenvalue weighted by Crippen LogP contribution is -1.92. The number of nitrogens with zero attached hydrogens (tertiary/aromatic N) is 4. The summed E-state index contributed by atoms with van der Waals surface area (Å²) >= 11 is 3.21. The second-order valence-electron chi connectivity index (χ2n) is 5.40. The summed E-state index contributed by atoms with van der Waals surface area (Å²) in [5.41, 5.74) is 5.47. The SMILES string of the molecule is Cc1csc(-c2cccc(-c3cccc(-c4nc(C)cs4)n3)n2)n1. The van der Waals surface area contributed by atoms with Crippen molar-refractivity contribution in [2.75, 3.05) is 0 Å². The van der Waals surface area contributed by atoms with Gasteiger partial charge >= 0.3 is 0 Å². The number of aromatic nitrogens is 4. The van der Waals surface area contributed by atoms with E-state index in [1.807, 2.05) is 61.0 Å². The molecule has 4 aromatic rings. The van der Waals surface area contributed by atoms with E-state index in [1.165, 1.54) is 0 Å². The Balaban J connectivity index is 1.74. The number of hydrogen-bond acceptors (Lipinski definition) is 6. The third-order valence-electron chi connectivity index (χ3n) is 3.44. The highest BCUT2D eigenvalue weighted by molar-refractivity contribution is 7.13. The van der Waals surface area contributed by atoms with E-state index in [-0.39, 0.29) is 0 Å². The monoisotopic (exact) mass is 350 g/mol. The lowest BCUT2D eigenvalue weighted by molar-refractivity contribution is 1.20. The summed E-state index contributed by atoms with van der Waals surface area (Å²) in [5.74, 6) is 0. The molecule has 0 unspecified atom stereocenters. The van der Waals surface area contributed by atoms with Gasteiger partial charge in [-0.1, -0.05) is 12.1 Å². The standard InChI is InChI=1S/C18H14N4S2/c1-11-9-23-17(19-11)15-7-3-5-13(21-15)14-6-4-8-16(22-14)18-20-12(2)10-24-18/h3-10H,1-2H3. The molecule has 4 rings (SSSR count). The molecule has 0 aromatic carbocycles. The third kappa shape index (κ3) is 2.98. The van der Waals surface area contributed by atoms with Crippen molar-refractivity contribution in [3.63, 3.8) is 0 Å². The highest BCUT2D eigenvalue weighted by atomic mass is 32.1. The van der Waals surface area contributed by atoms with Crippen LogP contribution in [0.25, 0.3) is 32.8 Å². The van der Waals surface area contributed by atoms with Crippen molar-refractivity contribution in [2.45, 2.75) is 13.8 Å². The van der Waals surface area contributed by atoms with Crippen LogP contribution in [0.5, 0.6) is 0 Å². The van der Waals surface area contributed by atoms with E-state index in [0.717, 1.165) is 44.2 Å². The first kappa shape index (κ1) is 15.1. The van der Waals surface area contributed by atoms with Gasteiger partial charge in [-0.25, -0.2) is 19.9 Å². The zero-order valence-corrected chi connectivity index (χ0v) is 14.9. The summed E-state index contributed by atoms with van der Waals surface area (Å²) in [7, 11) is 0. The first-order valence-electron chi connectivity index (χ1n) is 7.48. The molecule has 4 heterocycles. The average molecular weight is 350 g/mol. The van der Waals surface area contributed by atoms with E-state index >= 15 is 0 Å². The van der Waals surface area contributed by atoms with Crippen molar-refractivity contribution < 1.29 is 0 Å². The van der Waals surface area contributed by atoms with Crippen LogP contribution in [0, 0.1) is 13.8 Å². The van der Waals surface area contributed by atoms with E-state index in [9.17, 15) is 0 Å². The molecule has 0 amide bonds. The van der Waals surface area contributed by atoms with Crippen LogP contribution in [0.4, 0.5) is 0 Å². The van der Waals surface area contributed by atoms with Crippen molar-refractivity contribution in [2.24, 2.45) is 0 Å². The summed E-state index contributed by atoms with van der Waals surface area (Å²) in [5, 5.41) is 5.93. The number of rotatable bonds is 3. The molecule has 0 bridgehead atoms. The fraction of sp³-hybridized carbons (Fsp3) is 0.111. The first-order chi connectivity index (χ1) is 11.7. The first-order valence-corrected chi connectivity index (χ1v) is 9.24. The van der Waals surface area contributed by atoms with Crippen LogP contribution < -0.4 is 0 Å². The van der Waals surface area contributed by atoms with E-state index in [2.05, 4.69) is 9.97 Å². The van der Waals surface area contributed by atoms with Gasteiger partial charge in [0.25, 0.3) is 0 Å². The maximum absolute atomic E-state index is 4.73. The summed E-state index contributed by atoms with van der Waals surface area (Å²) in [6.45, 7) is 3.98. The van der Waals surface area contributed by atoms with Crippen molar-refractivity contribution in [1.29, 1.82) is 0 Å². The highest BCUT2D eigenvalue weighted by Crippen LogP contribution is 2.27. The highest BCUT2D eigenvalue weighted by Gasteiger charge is 2.10. The second-order valence-corrected chi connectivity index (χ2v) is 7.12. The van der Waals surface area contributed by atoms with Gasteiger partial charge in [-0.2, -0.15) is 0 Å². The van der Waals surface area contributed by atoms with E-state index in [1.54, 1.807) is 22.7 Å². The molecule has 118 valence electrons. The molecule has 0 spiro atoms. The minimum Gasteiger partial charge on any atom is -0.244 e. The van der Waals surface area contributed by atoms with Crippen LogP contribution in [0.1, 0.15) is 11.4 Å². The Morgan fingerprint density at radius 1 is 0.583 bits per heavy atom. The molecular weight excluding hydrogens is 336 g/mol. The zero-order valence-electron chi connectivity index (χ0n) is 13.2. The molecule has 24 heavy (non-hydrogen) atoms. The predicted molar refractivity (Wildman–Crippen MR) is 99.2 cm³/mol. The quantitative estimate of drug-likeness (QED) is 0.521. The lowest BCUT2D eigenvalue weighted by Gasteiger charge is -2.04. The maximum atomic E-state index is 4.73. The molecule has 0 saturated carbocycles. The Hall–Kier alpha value is -2.44. The molecule has 0 N–H and O–H groups in total. The smallest absolute Gasteiger partial charge is 0.142 e. The zero-order chi connectivity index (χ0) is 16.5. The van der Waals surface area contributed by atoms with Crippen LogP contribution in [0.15, 0.2) is 47.2 Å². The van der Waals surface area contributed by atoms with Gasteiger partial charge in [-0.05, 0) is 38.1 Å². The Labute approximate surface area is 147 Å². The summed E-state index contributed by atoms with van der Waals surface area (Å²) in [6, 6.07) is 11.9. The van der Waals surface area contributed by atoms with Crippen LogP contribution >= 0.6 is 22.7 Å². The Kier molecular flexibility index (Phi) is 3.92. The molecule has 0 fully saturated rings. The van der Waals surface area contributed by atoms with E-state index in [4.69, 9.17) is 9.97 Å². The fourth-order valence-electron chi connectivity index (χ4n) is 2.34. The predicted octanol–water partition coefficient (Wildman–Crippen LogP) is 5.01. The molecule has 0 saturated heterocycles. The number of pyridine rings is 2. The van der Waals surface area contributed by atoms with Crippen molar-refractivity contribution in [3.05, 3.63) is 58.5 Å². The molecule has 6 heteroatoms. The molecule has 0 atom stereocenters. The molecule has 0 aliphatic heterocycles. The molecule has 4 nitrogen and oxygen atoms in total. The van der Waals surface area contributed by atoms with Gasteiger partial charge in [0.1, 0.15) is 10.0 Å². The number of hydrogen-bond donors (Lipinski definition) is 0. The van der Waals surface area contributed by atoms with Gasteiger partial charge in [0, 0.05) is 22.1 Å². The van der Waals surface area contributed by atoms with E-state index in [0.29, 0.717) is 0 Å². The van der Waals surface area contributed by atoms with Crippen molar-refractivity contribution >= 4 is 22.7 Å². The molecule has 0 aliphatic rings. The minimum absolute atomic E-state index is 0.843. The lowest BCUT2D eigenvalue weighted by atomic mass is 10.2. The Morgan fingerprint density at radius 3 is 1.38 bits per heavy atom. The molecule has 0 aliphatic carbocycles. The van der Waals surface area contributed by atoms with Gasteiger partial charge in [-0.15, -0.1) is 22.7 Å². The van der Waals surface area contributed by atoms with Gasteiger partial charge in [0.05, 0.1) is 22.8 Å². The topological polar surface area (TPSA) is 51.6 Å². The van der Waals surface area contributed by atoms with Crippen LogP contribution in [-0.4, -0.2) is 19.9 Å². The molecule has 0 radical (unpaired) electrons. The van der Waals surface area contributed by atoms with Crippen LogP contribution in [0.3, 0.4) is 0 Å². The minimum atomic E-state index is 0.843. The van der Waals surface area contributed by atoms with Gasteiger partial charge in [0.2, 0.25) is 0 Å². The summed E-state index contributed by atoms with van der Waals surface area (Å²) < 4.78 is 0. The van der Waals surface area contributed by atoms with Gasteiger partial charge < -0.3 is 0 Å².